The van der Waals surface area contributed by atoms with Gasteiger partial charge in [-0.1, -0.05) is 23.9 Å². The van der Waals surface area contributed by atoms with Crippen LogP contribution in [0, 0.1) is 0 Å². The van der Waals surface area contributed by atoms with Crippen molar-refractivity contribution in [2.75, 3.05) is 26.2 Å². The fourth-order valence-corrected chi connectivity index (χ4v) is 3.71. The number of carboxylic acids is 1. The van der Waals surface area contributed by atoms with Crippen molar-refractivity contribution >= 4 is 35.4 Å². The number of carbonyl (C=O) groups is 2. The minimum absolute atomic E-state index is 0.0383. The zero-order valence-electron chi connectivity index (χ0n) is 14.4. The third kappa shape index (κ3) is 3.25. The SMILES string of the molecule is COc1ccc(C=C2Sc3ccc(C(=O)[O-])cc3N(C)C2=O)cc1OC. The summed E-state index contributed by atoms with van der Waals surface area (Å²) in [7, 11) is 4.72. The van der Waals surface area contributed by atoms with E-state index in [1.165, 1.54) is 28.8 Å². The number of hydrogen-bond acceptors (Lipinski definition) is 6. The normalized spacial score (nSPS) is 15.0. The van der Waals surface area contributed by atoms with Crippen LogP contribution >= 0.6 is 11.8 Å². The molecule has 3 rings (SSSR count). The minimum Gasteiger partial charge on any atom is -0.545 e. The lowest BCUT2D eigenvalue weighted by Gasteiger charge is -2.27. The van der Waals surface area contributed by atoms with Gasteiger partial charge in [-0.3, -0.25) is 4.79 Å². The van der Waals surface area contributed by atoms with Crippen molar-refractivity contribution in [1.29, 1.82) is 0 Å². The molecule has 7 heteroatoms. The number of amides is 1. The van der Waals surface area contributed by atoms with Gasteiger partial charge in [0.2, 0.25) is 0 Å². The largest absolute Gasteiger partial charge is 0.545 e. The Morgan fingerprint density at radius 3 is 2.50 bits per heavy atom. The number of carboxylic acid groups (broad SMARTS) is 1. The Balaban J connectivity index is 1.99. The van der Waals surface area contributed by atoms with Crippen LogP contribution in [0.15, 0.2) is 46.2 Å². The minimum atomic E-state index is -1.27. The lowest BCUT2D eigenvalue weighted by Crippen LogP contribution is -2.31. The Bertz CT molecular complexity index is 922. The molecule has 1 aliphatic rings. The van der Waals surface area contributed by atoms with E-state index in [9.17, 15) is 14.7 Å². The first-order valence-corrected chi connectivity index (χ1v) is 8.51. The first kappa shape index (κ1) is 17.9. The van der Waals surface area contributed by atoms with Gasteiger partial charge in [-0.05, 0) is 41.5 Å². The van der Waals surface area contributed by atoms with E-state index in [-0.39, 0.29) is 11.5 Å². The molecule has 1 heterocycles. The monoisotopic (exact) mass is 370 g/mol. The zero-order valence-corrected chi connectivity index (χ0v) is 15.3. The molecule has 1 aliphatic heterocycles. The number of methoxy groups -OCH3 is 2. The summed E-state index contributed by atoms with van der Waals surface area (Å²) in [6, 6.07) is 9.98. The number of fused-ring (bicyclic) bond motifs is 1. The van der Waals surface area contributed by atoms with Gasteiger partial charge in [0, 0.05) is 11.9 Å². The number of anilines is 1. The topological polar surface area (TPSA) is 78.9 Å². The van der Waals surface area contributed by atoms with Crippen LogP contribution in [-0.4, -0.2) is 33.1 Å². The van der Waals surface area contributed by atoms with Gasteiger partial charge < -0.3 is 24.3 Å². The predicted octanol–water partition coefficient (Wildman–Crippen LogP) is 2.18. The van der Waals surface area contributed by atoms with Crippen molar-refractivity contribution in [3.8, 4) is 11.5 Å². The average molecular weight is 370 g/mol. The molecule has 0 fully saturated rings. The number of nitrogens with zero attached hydrogens (tertiary/aromatic N) is 1. The van der Waals surface area contributed by atoms with E-state index in [4.69, 9.17) is 9.47 Å². The summed E-state index contributed by atoms with van der Waals surface area (Å²) in [6.07, 6.45) is 1.76. The molecule has 0 N–H and O–H groups in total. The van der Waals surface area contributed by atoms with E-state index in [2.05, 4.69) is 0 Å². The molecule has 0 spiro atoms. The molecule has 0 aliphatic carbocycles. The summed E-state index contributed by atoms with van der Waals surface area (Å²) in [5.74, 6) is -0.310. The first-order chi connectivity index (χ1) is 12.4. The number of hydrogen-bond donors (Lipinski definition) is 0. The summed E-state index contributed by atoms with van der Waals surface area (Å²) in [5, 5.41) is 11.0. The van der Waals surface area contributed by atoms with Gasteiger partial charge in [0.05, 0.1) is 30.8 Å². The van der Waals surface area contributed by atoms with E-state index in [1.54, 1.807) is 45.5 Å². The molecule has 0 atom stereocenters. The maximum absolute atomic E-state index is 12.7. The molecule has 134 valence electrons. The first-order valence-electron chi connectivity index (χ1n) is 7.69. The summed E-state index contributed by atoms with van der Waals surface area (Å²) in [4.78, 5) is 26.5. The molecular weight excluding hydrogens is 354 g/mol. The van der Waals surface area contributed by atoms with Crippen LogP contribution in [0.5, 0.6) is 11.5 Å². The Hall–Kier alpha value is -2.93. The maximum Gasteiger partial charge on any atom is 0.264 e. The molecule has 6 nitrogen and oxygen atoms in total. The molecule has 0 radical (unpaired) electrons. The highest BCUT2D eigenvalue weighted by Gasteiger charge is 2.26. The van der Waals surface area contributed by atoms with E-state index < -0.39 is 5.97 Å². The third-order valence-corrected chi connectivity index (χ3v) is 5.07. The van der Waals surface area contributed by atoms with Gasteiger partial charge >= 0.3 is 0 Å². The number of ether oxygens (including phenoxy) is 2. The fraction of sp³-hybridized carbons (Fsp3) is 0.158. The van der Waals surface area contributed by atoms with E-state index in [1.807, 2.05) is 6.07 Å². The molecule has 0 saturated heterocycles. The Morgan fingerprint density at radius 1 is 1.12 bits per heavy atom. The quantitative estimate of drug-likeness (QED) is 0.768. The van der Waals surface area contributed by atoms with Gasteiger partial charge in [-0.15, -0.1) is 0 Å². The van der Waals surface area contributed by atoms with Crippen molar-refractivity contribution in [2.45, 2.75) is 4.90 Å². The number of rotatable bonds is 4. The standard InChI is InChI=1S/C19H17NO5S/c1-20-13-10-12(19(22)23)5-7-16(13)26-17(18(20)21)9-11-4-6-14(24-2)15(8-11)25-3/h4-10H,1-3H3,(H,22,23)/p-1. The highest BCUT2D eigenvalue weighted by molar-refractivity contribution is 8.04. The van der Waals surface area contributed by atoms with Crippen LogP contribution in [-0.2, 0) is 4.79 Å². The van der Waals surface area contributed by atoms with Crippen LogP contribution in [0.4, 0.5) is 5.69 Å². The molecule has 0 aromatic heterocycles. The van der Waals surface area contributed by atoms with Crippen LogP contribution < -0.4 is 19.5 Å². The van der Waals surface area contributed by atoms with Crippen LogP contribution in [0.2, 0.25) is 0 Å². The van der Waals surface area contributed by atoms with Gasteiger partial charge in [0.25, 0.3) is 5.91 Å². The second-order valence-corrected chi connectivity index (χ2v) is 6.64. The Labute approximate surface area is 155 Å². The lowest BCUT2D eigenvalue weighted by atomic mass is 10.1. The van der Waals surface area contributed by atoms with Crippen molar-refractivity contribution in [3.63, 3.8) is 0 Å². The molecular formula is C19H16NO5S-. The van der Waals surface area contributed by atoms with E-state index in [0.717, 1.165) is 10.5 Å². The summed E-state index contributed by atoms with van der Waals surface area (Å²) >= 11 is 1.29. The summed E-state index contributed by atoms with van der Waals surface area (Å²) in [5.41, 5.74) is 1.38. The van der Waals surface area contributed by atoms with Crippen molar-refractivity contribution in [2.24, 2.45) is 0 Å². The molecule has 0 bridgehead atoms. The van der Waals surface area contributed by atoms with E-state index in [0.29, 0.717) is 22.1 Å². The number of likely N-dealkylation sites (N-methyl/N-ethyl adjacent to an activating group) is 1. The zero-order chi connectivity index (χ0) is 18.8. The van der Waals surface area contributed by atoms with Crippen molar-refractivity contribution in [1.82, 2.24) is 0 Å². The molecule has 1 amide bonds. The number of benzene rings is 2. The molecule has 2 aromatic rings. The summed E-state index contributed by atoms with van der Waals surface area (Å²) in [6.45, 7) is 0. The Kier molecular flexibility index (Phi) is 4.90. The third-order valence-electron chi connectivity index (χ3n) is 4.00. The highest BCUT2D eigenvalue weighted by atomic mass is 32.2. The van der Waals surface area contributed by atoms with Gasteiger partial charge in [0.15, 0.2) is 11.5 Å². The molecule has 2 aromatic carbocycles. The molecule has 26 heavy (non-hydrogen) atoms. The lowest BCUT2D eigenvalue weighted by molar-refractivity contribution is -0.255. The maximum atomic E-state index is 12.7. The van der Waals surface area contributed by atoms with Crippen LogP contribution in [0.1, 0.15) is 15.9 Å². The average Bonchev–Trinajstić information content (AvgIpc) is 2.65. The fourth-order valence-electron chi connectivity index (χ4n) is 2.61. The highest BCUT2D eigenvalue weighted by Crippen LogP contribution is 2.42. The number of carbonyl (C=O) groups excluding carboxylic acids is 2. The molecule has 0 saturated carbocycles. The van der Waals surface area contributed by atoms with Crippen molar-refractivity contribution < 1.29 is 24.2 Å². The Morgan fingerprint density at radius 2 is 1.85 bits per heavy atom. The predicted molar refractivity (Wildman–Crippen MR) is 97.6 cm³/mol. The van der Waals surface area contributed by atoms with Crippen LogP contribution in [0.3, 0.4) is 0 Å². The number of aromatic carboxylic acids is 1. The van der Waals surface area contributed by atoms with E-state index >= 15 is 0 Å². The summed E-state index contributed by atoms with van der Waals surface area (Å²) < 4.78 is 10.5. The number of thioether (sulfide) groups is 1. The smallest absolute Gasteiger partial charge is 0.264 e. The van der Waals surface area contributed by atoms with Gasteiger partial charge in [-0.2, -0.15) is 0 Å². The van der Waals surface area contributed by atoms with Gasteiger partial charge in [0.1, 0.15) is 0 Å². The molecule has 0 unspecified atom stereocenters. The van der Waals surface area contributed by atoms with Crippen molar-refractivity contribution in [3.05, 3.63) is 52.4 Å². The van der Waals surface area contributed by atoms with Gasteiger partial charge in [-0.25, -0.2) is 0 Å². The second kappa shape index (κ2) is 7.13. The van der Waals surface area contributed by atoms with Crippen LogP contribution in [0.25, 0.3) is 6.08 Å². The second-order valence-electron chi connectivity index (χ2n) is 5.56.